The highest BCUT2D eigenvalue weighted by molar-refractivity contribution is 6.31. The minimum atomic E-state index is -0.727. The third kappa shape index (κ3) is 3.35. The number of imidazole rings is 1. The number of rotatable bonds is 4. The molecule has 3 rings (SSSR count). The van der Waals surface area contributed by atoms with Crippen LogP contribution in [0.5, 0.6) is 0 Å². The van der Waals surface area contributed by atoms with Gasteiger partial charge in [0.15, 0.2) is 11.7 Å². The lowest BCUT2D eigenvalue weighted by Crippen LogP contribution is -2.34. The van der Waals surface area contributed by atoms with E-state index in [1.54, 1.807) is 30.8 Å². The molecule has 136 valence electrons. The first-order chi connectivity index (χ1) is 12.4. The van der Waals surface area contributed by atoms with E-state index in [1.165, 1.54) is 18.2 Å². The summed E-state index contributed by atoms with van der Waals surface area (Å²) in [7, 11) is 1.84. The Bertz CT molecular complexity index is 920. The van der Waals surface area contributed by atoms with Crippen LogP contribution in [0.1, 0.15) is 31.3 Å². The molecule has 1 atom stereocenters. The van der Waals surface area contributed by atoms with Crippen molar-refractivity contribution in [1.82, 2.24) is 14.9 Å². The van der Waals surface area contributed by atoms with Crippen molar-refractivity contribution in [3.8, 4) is 0 Å². The predicted octanol–water partition coefficient (Wildman–Crippen LogP) is 3.14. The van der Waals surface area contributed by atoms with Gasteiger partial charge in [-0.3, -0.25) is 4.99 Å². The van der Waals surface area contributed by atoms with Gasteiger partial charge in [0.2, 0.25) is 0 Å². The Morgan fingerprint density at radius 2 is 2.23 bits per heavy atom. The number of nitrogens with one attached hydrogen (secondary N) is 1. The largest absolute Gasteiger partial charge is 0.463 e. The van der Waals surface area contributed by atoms with Crippen LogP contribution in [0.4, 0.5) is 4.39 Å². The van der Waals surface area contributed by atoms with Crippen molar-refractivity contribution < 1.29 is 13.9 Å². The van der Waals surface area contributed by atoms with E-state index >= 15 is 0 Å². The van der Waals surface area contributed by atoms with Crippen molar-refractivity contribution in [2.75, 3.05) is 6.61 Å². The fourth-order valence-corrected chi connectivity index (χ4v) is 3.08. The van der Waals surface area contributed by atoms with E-state index in [0.29, 0.717) is 28.5 Å². The summed E-state index contributed by atoms with van der Waals surface area (Å²) in [6.45, 7) is 3.72. The zero-order chi connectivity index (χ0) is 18.8. The third-order valence-electron chi connectivity index (χ3n) is 4.03. The zero-order valence-electron chi connectivity index (χ0n) is 14.6. The number of benzene rings is 1. The standard InChI is InChI=1S/C18H18ClFN4O2/c1-4-26-18(25)14-10(2)22-16(17-21-7-8-24(17)3)23-15(14)12-6-5-11(20)9-13(12)19/h5-9,15H,4H2,1-3H3,(H,22,23)/t15-/m1/s1. The fraction of sp³-hybridized carbons (Fsp3) is 0.278. The van der Waals surface area contributed by atoms with E-state index < -0.39 is 17.8 Å². The van der Waals surface area contributed by atoms with E-state index in [-0.39, 0.29) is 11.6 Å². The van der Waals surface area contributed by atoms with Gasteiger partial charge in [-0.25, -0.2) is 14.2 Å². The summed E-state index contributed by atoms with van der Waals surface area (Å²) in [4.78, 5) is 21.4. The summed E-state index contributed by atoms with van der Waals surface area (Å²) in [5, 5.41) is 3.30. The Kier molecular flexibility index (Phi) is 5.08. The van der Waals surface area contributed by atoms with Gasteiger partial charge >= 0.3 is 5.97 Å². The lowest BCUT2D eigenvalue weighted by atomic mass is 9.96. The van der Waals surface area contributed by atoms with Gasteiger partial charge in [0.1, 0.15) is 11.9 Å². The second-order valence-corrected chi connectivity index (χ2v) is 6.20. The molecule has 0 bridgehead atoms. The smallest absolute Gasteiger partial charge is 0.338 e. The van der Waals surface area contributed by atoms with Crippen LogP contribution in [0.2, 0.25) is 5.02 Å². The average molecular weight is 377 g/mol. The number of aryl methyl sites for hydroxylation is 1. The molecule has 26 heavy (non-hydrogen) atoms. The Labute approximate surface area is 155 Å². The predicted molar refractivity (Wildman–Crippen MR) is 96.4 cm³/mol. The number of carbonyl (C=O) groups excluding carboxylic acids is 1. The SMILES string of the molecule is CCOC(=O)C1=C(C)NC(c2nccn2C)=N[C@@H]1c1ccc(F)cc1Cl. The highest BCUT2D eigenvalue weighted by Gasteiger charge is 2.32. The fourth-order valence-electron chi connectivity index (χ4n) is 2.81. The molecule has 0 aliphatic carbocycles. The monoisotopic (exact) mass is 376 g/mol. The Morgan fingerprint density at radius 1 is 1.46 bits per heavy atom. The van der Waals surface area contributed by atoms with Crippen LogP contribution in [0.3, 0.4) is 0 Å². The first-order valence-electron chi connectivity index (χ1n) is 8.07. The van der Waals surface area contributed by atoms with Crippen molar-refractivity contribution in [2.45, 2.75) is 19.9 Å². The number of aromatic nitrogens is 2. The van der Waals surface area contributed by atoms with E-state index in [1.807, 2.05) is 7.05 Å². The first kappa shape index (κ1) is 18.1. The summed E-state index contributed by atoms with van der Waals surface area (Å²) in [5.41, 5.74) is 1.43. The van der Waals surface area contributed by atoms with Gasteiger partial charge in [-0.2, -0.15) is 0 Å². The Balaban J connectivity index is 2.14. The third-order valence-corrected chi connectivity index (χ3v) is 4.35. The Hall–Kier alpha value is -2.67. The number of amidine groups is 1. The van der Waals surface area contributed by atoms with Crippen LogP contribution in [-0.4, -0.2) is 28.0 Å². The number of nitrogens with zero attached hydrogens (tertiary/aromatic N) is 3. The molecule has 1 aliphatic heterocycles. The summed E-state index contributed by atoms with van der Waals surface area (Å²) < 4.78 is 20.4. The molecular weight excluding hydrogens is 359 g/mol. The second-order valence-electron chi connectivity index (χ2n) is 5.79. The molecule has 0 saturated heterocycles. The number of ether oxygens (including phenoxy) is 1. The molecule has 0 radical (unpaired) electrons. The molecule has 1 aliphatic rings. The quantitative estimate of drug-likeness (QED) is 0.832. The summed E-state index contributed by atoms with van der Waals surface area (Å²) >= 11 is 6.24. The van der Waals surface area contributed by atoms with Crippen LogP contribution in [0.25, 0.3) is 0 Å². The molecule has 6 nitrogen and oxygen atoms in total. The lowest BCUT2D eigenvalue weighted by Gasteiger charge is -2.26. The molecule has 1 aromatic heterocycles. The van der Waals surface area contributed by atoms with E-state index in [2.05, 4.69) is 15.3 Å². The molecule has 1 aromatic carbocycles. The van der Waals surface area contributed by atoms with Gasteiger partial charge in [-0.15, -0.1) is 0 Å². The first-order valence-corrected chi connectivity index (χ1v) is 8.45. The van der Waals surface area contributed by atoms with Crippen molar-refractivity contribution >= 4 is 23.4 Å². The van der Waals surface area contributed by atoms with Gasteiger partial charge < -0.3 is 14.6 Å². The van der Waals surface area contributed by atoms with E-state index in [9.17, 15) is 9.18 Å². The topological polar surface area (TPSA) is 68.5 Å². The maximum absolute atomic E-state index is 13.5. The molecule has 2 aromatic rings. The lowest BCUT2D eigenvalue weighted by molar-refractivity contribution is -0.138. The molecule has 0 fully saturated rings. The van der Waals surface area contributed by atoms with Crippen molar-refractivity contribution in [3.63, 3.8) is 0 Å². The van der Waals surface area contributed by atoms with Gasteiger partial charge in [0, 0.05) is 35.7 Å². The number of hydrogen-bond donors (Lipinski definition) is 1. The van der Waals surface area contributed by atoms with Crippen LogP contribution >= 0.6 is 11.6 Å². The van der Waals surface area contributed by atoms with Crippen LogP contribution in [-0.2, 0) is 16.6 Å². The van der Waals surface area contributed by atoms with Gasteiger partial charge in [0.05, 0.1) is 12.2 Å². The van der Waals surface area contributed by atoms with Gasteiger partial charge in [0.25, 0.3) is 0 Å². The highest BCUT2D eigenvalue weighted by Crippen LogP contribution is 2.36. The minimum Gasteiger partial charge on any atom is -0.463 e. The normalized spacial score (nSPS) is 17.0. The van der Waals surface area contributed by atoms with Crippen molar-refractivity contribution in [3.05, 3.63) is 64.1 Å². The van der Waals surface area contributed by atoms with Gasteiger partial charge in [-0.1, -0.05) is 17.7 Å². The van der Waals surface area contributed by atoms with Crippen LogP contribution < -0.4 is 5.32 Å². The zero-order valence-corrected chi connectivity index (χ0v) is 15.3. The van der Waals surface area contributed by atoms with Crippen molar-refractivity contribution in [2.24, 2.45) is 12.0 Å². The minimum absolute atomic E-state index is 0.189. The molecule has 1 N–H and O–H groups in total. The summed E-state index contributed by atoms with van der Waals surface area (Å²) in [6.07, 6.45) is 3.44. The molecule has 0 saturated carbocycles. The number of halogens is 2. The number of allylic oxidation sites excluding steroid dienone is 1. The van der Waals surface area contributed by atoms with Crippen LogP contribution in [0.15, 0.2) is 46.9 Å². The molecule has 0 unspecified atom stereocenters. The van der Waals surface area contributed by atoms with E-state index in [0.717, 1.165) is 0 Å². The maximum Gasteiger partial charge on any atom is 0.338 e. The Morgan fingerprint density at radius 3 is 2.85 bits per heavy atom. The van der Waals surface area contributed by atoms with Crippen molar-refractivity contribution in [1.29, 1.82) is 0 Å². The van der Waals surface area contributed by atoms with Crippen LogP contribution in [0, 0.1) is 5.82 Å². The molecule has 0 amide bonds. The average Bonchev–Trinajstić information content (AvgIpc) is 3.00. The number of carbonyl (C=O) groups is 1. The molecule has 0 spiro atoms. The number of hydrogen-bond acceptors (Lipinski definition) is 5. The summed E-state index contributed by atoms with van der Waals surface area (Å²) in [5.74, 6) is 0.147. The summed E-state index contributed by atoms with van der Waals surface area (Å²) in [6, 6.07) is 3.29. The molecule has 8 heteroatoms. The number of aliphatic imine (C=N–C) groups is 1. The molecular formula is C18H18ClFN4O2. The van der Waals surface area contributed by atoms with E-state index in [4.69, 9.17) is 16.3 Å². The second kappa shape index (κ2) is 7.29. The van der Waals surface area contributed by atoms with Gasteiger partial charge in [-0.05, 0) is 26.0 Å². The number of esters is 1. The highest BCUT2D eigenvalue weighted by atomic mass is 35.5. The maximum atomic E-state index is 13.5. The molecule has 2 heterocycles.